The minimum atomic E-state index is -0.180. The van der Waals surface area contributed by atoms with E-state index in [0.29, 0.717) is 23.0 Å². The number of carbonyl (C=O) groups excluding carboxylic acids is 1. The van der Waals surface area contributed by atoms with Crippen LogP contribution in [0, 0.1) is 17.8 Å². The molecule has 4 bridgehead atoms. The van der Waals surface area contributed by atoms with Crippen molar-refractivity contribution in [3.05, 3.63) is 35.6 Å². The van der Waals surface area contributed by atoms with Gasteiger partial charge in [0.15, 0.2) is 0 Å². The Bertz CT molecular complexity index is 569. The smallest absolute Gasteiger partial charge is 0.241 e. The Morgan fingerprint density at radius 2 is 2.05 bits per heavy atom. The zero-order valence-electron chi connectivity index (χ0n) is 12.0. The summed E-state index contributed by atoms with van der Waals surface area (Å²) in [5.74, 6) is 1.59. The lowest BCUT2D eigenvalue weighted by Crippen LogP contribution is -2.55. The van der Waals surface area contributed by atoms with Gasteiger partial charge in [0.1, 0.15) is 7.85 Å². The van der Waals surface area contributed by atoms with Crippen LogP contribution in [0.15, 0.2) is 35.6 Å². The number of nitrogens with one attached hydrogen (secondary N) is 1. The molecule has 4 aliphatic rings. The van der Waals surface area contributed by atoms with Crippen LogP contribution in [0.1, 0.15) is 12.8 Å². The number of nitrogens with zero attached hydrogens (tertiary/aromatic N) is 2. The van der Waals surface area contributed by atoms with E-state index in [-0.39, 0.29) is 5.91 Å². The number of piperidine rings is 3. The van der Waals surface area contributed by atoms with Gasteiger partial charge in [-0.1, -0.05) is 5.57 Å². The number of hydrogen-bond acceptors (Lipinski definition) is 3. The highest BCUT2D eigenvalue weighted by Crippen LogP contribution is 2.47. The van der Waals surface area contributed by atoms with E-state index >= 15 is 0 Å². The standard InChI is InChI=1S/C16H18BN3O/c17-15(16(21)19-13-2-1-3-18-6-13)14-11-4-10-5-12(14)9-20(7-10)8-11/h1-3,6,10-12H,4-5,7-9H2,(H,19,21). The van der Waals surface area contributed by atoms with E-state index in [4.69, 9.17) is 7.85 Å². The summed E-state index contributed by atoms with van der Waals surface area (Å²) in [6.07, 6.45) is 5.72. The van der Waals surface area contributed by atoms with Gasteiger partial charge in [-0.2, -0.15) is 0 Å². The predicted octanol–water partition coefficient (Wildman–Crippen LogP) is 1.41. The number of anilines is 1. The number of amides is 1. The fraction of sp³-hybridized carbons (Fsp3) is 0.500. The maximum Gasteiger partial charge on any atom is 0.241 e. The van der Waals surface area contributed by atoms with E-state index in [9.17, 15) is 4.79 Å². The van der Waals surface area contributed by atoms with E-state index in [2.05, 4.69) is 15.2 Å². The summed E-state index contributed by atoms with van der Waals surface area (Å²) in [6, 6.07) is 3.63. The molecule has 1 aromatic heterocycles. The molecule has 3 aliphatic heterocycles. The summed E-state index contributed by atoms with van der Waals surface area (Å²) >= 11 is 0. The second-order valence-electron chi connectivity index (χ2n) is 6.51. The van der Waals surface area contributed by atoms with E-state index in [1.807, 2.05) is 6.07 Å². The van der Waals surface area contributed by atoms with Gasteiger partial charge in [-0.3, -0.25) is 9.78 Å². The first kappa shape index (κ1) is 13.1. The second kappa shape index (κ2) is 4.99. The third kappa shape index (κ3) is 2.29. The summed E-state index contributed by atoms with van der Waals surface area (Å²) in [6.45, 7) is 3.38. The van der Waals surface area contributed by atoms with Crippen molar-refractivity contribution in [1.82, 2.24) is 9.88 Å². The third-order valence-corrected chi connectivity index (χ3v) is 5.06. The van der Waals surface area contributed by atoms with Gasteiger partial charge in [0, 0.05) is 25.8 Å². The van der Waals surface area contributed by atoms with Crippen LogP contribution in [0.5, 0.6) is 0 Å². The molecule has 4 fully saturated rings. The molecule has 4 nitrogen and oxygen atoms in total. The molecule has 1 aliphatic carbocycles. The van der Waals surface area contributed by atoms with Crippen molar-refractivity contribution in [3.63, 3.8) is 0 Å². The quantitative estimate of drug-likeness (QED) is 0.657. The summed E-state index contributed by atoms with van der Waals surface area (Å²) in [5, 5.41) is 2.85. The van der Waals surface area contributed by atoms with Gasteiger partial charge in [-0.15, -0.1) is 0 Å². The molecule has 0 aromatic carbocycles. The van der Waals surface area contributed by atoms with Crippen LogP contribution in [0.4, 0.5) is 5.69 Å². The molecule has 0 spiro atoms. The SMILES string of the molecule is [B]C(C(=O)Nc1cccnc1)=C1C2CC3CC1CN(C3)C2. The molecule has 21 heavy (non-hydrogen) atoms. The van der Waals surface area contributed by atoms with Crippen molar-refractivity contribution in [1.29, 1.82) is 0 Å². The van der Waals surface area contributed by atoms with Crippen LogP contribution in [-0.2, 0) is 4.79 Å². The van der Waals surface area contributed by atoms with Gasteiger partial charge >= 0.3 is 0 Å². The molecule has 5 rings (SSSR count). The Kier molecular flexibility index (Phi) is 3.10. The first-order chi connectivity index (χ1) is 10.2. The number of aromatic nitrogens is 1. The summed E-state index contributed by atoms with van der Waals surface area (Å²) in [7, 11) is 6.22. The Balaban J connectivity index is 1.58. The Labute approximate surface area is 126 Å². The largest absolute Gasteiger partial charge is 0.322 e. The molecule has 5 heteroatoms. The van der Waals surface area contributed by atoms with Gasteiger partial charge in [0.2, 0.25) is 5.91 Å². The molecule has 3 saturated heterocycles. The van der Waals surface area contributed by atoms with Crippen molar-refractivity contribution < 1.29 is 4.79 Å². The average molecular weight is 279 g/mol. The highest BCUT2D eigenvalue weighted by Gasteiger charge is 2.45. The molecule has 1 aromatic rings. The Hall–Kier alpha value is -1.62. The maximum absolute atomic E-state index is 12.4. The van der Waals surface area contributed by atoms with Crippen LogP contribution in [0.3, 0.4) is 0 Å². The summed E-state index contributed by atoms with van der Waals surface area (Å²) in [5.41, 5.74) is 2.34. The highest BCUT2D eigenvalue weighted by molar-refractivity contribution is 6.39. The molecule has 2 radical (unpaired) electrons. The number of pyridine rings is 1. The zero-order valence-corrected chi connectivity index (χ0v) is 12.0. The lowest BCUT2D eigenvalue weighted by atomic mass is 9.62. The van der Waals surface area contributed by atoms with Gasteiger partial charge < -0.3 is 10.2 Å². The lowest BCUT2D eigenvalue weighted by Gasteiger charge is -2.53. The Morgan fingerprint density at radius 3 is 2.67 bits per heavy atom. The zero-order chi connectivity index (χ0) is 14.4. The minimum absolute atomic E-state index is 0.180. The van der Waals surface area contributed by atoms with Gasteiger partial charge in [0.05, 0.1) is 11.9 Å². The third-order valence-electron chi connectivity index (χ3n) is 5.06. The first-order valence-corrected chi connectivity index (χ1v) is 7.64. The monoisotopic (exact) mass is 279 g/mol. The van der Waals surface area contributed by atoms with Crippen LogP contribution < -0.4 is 5.32 Å². The normalized spacial score (nSPS) is 33.0. The molecule has 1 N–H and O–H groups in total. The average Bonchev–Trinajstić information content (AvgIpc) is 2.47. The van der Waals surface area contributed by atoms with Gasteiger partial charge in [-0.05, 0) is 48.2 Å². The molecule has 4 heterocycles. The van der Waals surface area contributed by atoms with Crippen molar-refractivity contribution in [2.45, 2.75) is 12.8 Å². The van der Waals surface area contributed by atoms with Gasteiger partial charge in [0.25, 0.3) is 0 Å². The predicted molar refractivity (Wildman–Crippen MR) is 81.8 cm³/mol. The molecule has 1 saturated carbocycles. The number of carbonyl (C=O) groups is 1. The lowest BCUT2D eigenvalue weighted by molar-refractivity contribution is -0.112. The minimum Gasteiger partial charge on any atom is -0.322 e. The van der Waals surface area contributed by atoms with Crippen LogP contribution in [-0.4, -0.2) is 43.3 Å². The van der Waals surface area contributed by atoms with Crippen LogP contribution >= 0.6 is 0 Å². The Morgan fingerprint density at radius 1 is 1.29 bits per heavy atom. The van der Waals surface area contributed by atoms with E-state index in [1.54, 1.807) is 18.5 Å². The molecular formula is C16H18BN3O. The van der Waals surface area contributed by atoms with Gasteiger partial charge in [-0.25, -0.2) is 0 Å². The van der Waals surface area contributed by atoms with Crippen molar-refractivity contribution in [2.75, 3.05) is 25.0 Å². The summed E-state index contributed by atoms with van der Waals surface area (Å²) < 4.78 is 0. The van der Waals surface area contributed by atoms with E-state index in [0.717, 1.165) is 19.0 Å². The van der Waals surface area contributed by atoms with E-state index < -0.39 is 0 Å². The first-order valence-electron chi connectivity index (χ1n) is 7.64. The van der Waals surface area contributed by atoms with Crippen LogP contribution in [0.2, 0.25) is 0 Å². The molecule has 2 unspecified atom stereocenters. The molecule has 1 amide bonds. The maximum atomic E-state index is 12.4. The molecule has 2 atom stereocenters. The number of hydrogen-bond donors (Lipinski definition) is 1. The molecular weight excluding hydrogens is 261 g/mol. The molecule has 106 valence electrons. The second-order valence-corrected chi connectivity index (χ2v) is 6.51. The fourth-order valence-corrected chi connectivity index (χ4v) is 4.40. The summed E-state index contributed by atoms with van der Waals surface area (Å²) in [4.78, 5) is 18.9. The van der Waals surface area contributed by atoms with Crippen LogP contribution in [0.25, 0.3) is 0 Å². The highest BCUT2D eigenvalue weighted by atomic mass is 16.1. The van der Waals surface area contributed by atoms with Crippen molar-refractivity contribution in [3.8, 4) is 0 Å². The number of rotatable bonds is 2. The topological polar surface area (TPSA) is 45.2 Å². The fourth-order valence-electron chi connectivity index (χ4n) is 4.40. The van der Waals surface area contributed by atoms with E-state index in [1.165, 1.54) is 25.0 Å². The van der Waals surface area contributed by atoms with Crippen molar-refractivity contribution in [2.24, 2.45) is 17.8 Å². The van der Waals surface area contributed by atoms with Crippen molar-refractivity contribution >= 4 is 19.4 Å².